The van der Waals surface area contributed by atoms with Crippen molar-refractivity contribution in [2.24, 2.45) is 0 Å². The molecule has 24 heavy (non-hydrogen) atoms. The number of thiazole rings is 1. The van der Waals surface area contributed by atoms with Gasteiger partial charge in [0, 0.05) is 27.3 Å². The summed E-state index contributed by atoms with van der Waals surface area (Å²) < 4.78 is 14.2. The van der Waals surface area contributed by atoms with E-state index in [4.69, 9.17) is 0 Å². The van der Waals surface area contributed by atoms with Gasteiger partial charge in [0.1, 0.15) is 22.5 Å². The minimum atomic E-state index is -0.335. The molecule has 118 valence electrons. The van der Waals surface area contributed by atoms with Crippen LogP contribution in [0.15, 0.2) is 64.6 Å². The summed E-state index contributed by atoms with van der Waals surface area (Å²) in [6, 6.07) is 16.0. The molecular weight excluding hydrogens is 389 g/mol. The minimum absolute atomic E-state index is 0.335. The molecule has 1 N–H and O–H groups in total. The summed E-state index contributed by atoms with van der Waals surface area (Å²) in [6.45, 7) is 0. The molecule has 0 amide bonds. The molecule has 2 aromatic carbocycles. The minimum Gasteiger partial charge on any atom is -0.360 e. The van der Waals surface area contributed by atoms with Crippen LogP contribution in [-0.2, 0) is 0 Å². The number of allylic oxidation sites excluding steroid dienone is 1. The molecule has 1 heterocycles. The number of nitriles is 1. The van der Waals surface area contributed by atoms with Crippen LogP contribution in [0.25, 0.3) is 16.8 Å². The van der Waals surface area contributed by atoms with E-state index in [-0.39, 0.29) is 5.82 Å². The predicted octanol–water partition coefficient (Wildman–Crippen LogP) is 5.69. The summed E-state index contributed by atoms with van der Waals surface area (Å²) in [7, 11) is 0. The summed E-state index contributed by atoms with van der Waals surface area (Å²) in [6.07, 6.45) is 1.54. The molecular formula is C18H11BrFN3S. The first-order valence-electron chi connectivity index (χ1n) is 7.00. The average molecular weight is 400 g/mol. The average Bonchev–Trinajstić information content (AvgIpc) is 3.05. The van der Waals surface area contributed by atoms with Crippen LogP contribution < -0.4 is 5.32 Å². The van der Waals surface area contributed by atoms with Gasteiger partial charge in [0.15, 0.2) is 0 Å². The Labute approximate surface area is 151 Å². The van der Waals surface area contributed by atoms with Crippen LogP contribution >= 0.6 is 27.3 Å². The molecule has 3 rings (SSSR count). The highest BCUT2D eigenvalue weighted by atomic mass is 79.9. The van der Waals surface area contributed by atoms with Crippen molar-refractivity contribution in [2.45, 2.75) is 0 Å². The van der Waals surface area contributed by atoms with Crippen LogP contribution in [0.2, 0.25) is 0 Å². The van der Waals surface area contributed by atoms with Gasteiger partial charge >= 0.3 is 0 Å². The van der Waals surface area contributed by atoms with Gasteiger partial charge in [-0.1, -0.05) is 34.1 Å². The second-order valence-electron chi connectivity index (χ2n) is 4.87. The number of nitrogens with one attached hydrogen (secondary N) is 1. The van der Waals surface area contributed by atoms with Gasteiger partial charge in [-0.3, -0.25) is 0 Å². The first-order valence-corrected chi connectivity index (χ1v) is 8.67. The second kappa shape index (κ2) is 7.39. The van der Waals surface area contributed by atoms with Crippen molar-refractivity contribution in [1.29, 1.82) is 5.26 Å². The van der Waals surface area contributed by atoms with E-state index in [1.807, 2.05) is 29.6 Å². The Morgan fingerprint density at radius 1 is 1.25 bits per heavy atom. The summed E-state index contributed by atoms with van der Waals surface area (Å²) in [5.74, 6) is -0.335. The van der Waals surface area contributed by atoms with Gasteiger partial charge in [0.2, 0.25) is 0 Å². The highest BCUT2D eigenvalue weighted by molar-refractivity contribution is 9.10. The normalized spacial score (nSPS) is 11.1. The fourth-order valence-corrected chi connectivity index (χ4v) is 3.25. The number of halogens is 2. The van der Waals surface area contributed by atoms with E-state index in [9.17, 15) is 9.65 Å². The molecule has 6 heteroatoms. The Morgan fingerprint density at radius 2 is 2.08 bits per heavy atom. The maximum atomic E-state index is 13.2. The molecule has 0 aliphatic heterocycles. The molecule has 0 saturated heterocycles. The molecule has 1 aromatic heterocycles. The van der Waals surface area contributed by atoms with E-state index in [1.165, 1.54) is 29.7 Å². The number of nitrogens with zero attached hydrogens (tertiary/aromatic N) is 2. The molecule has 0 atom stereocenters. The third-order valence-corrected chi connectivity index (χ3v) is 4.55. The molecule has 0 aliphatic carbocycles. The van der Waals surface area contributed by atoms with Gasteiger partial charge in [-0.25, -0.2) is 9.37 Å². The number of benzene rings is 2. The van der Waals surface area contributed by atoms with Gasteiger partial charge in [-0.15, -0.1) is 11.3 Å². The Hall–Kier alpha value is -2.49. The molecule has 0 radical (unpaired) electrons. The SMILES string of the molecule is N#C/C(=C\Nc1cccc(F)c1)c1nc(-c2cccc(Br)c2)cs1. The summed E-state index contributed by atoms with van der Waals surface area (Å²) >= 11 is 4.83. The number of hydrogen-bond acceptors (Lipinski definition) is 4. The van der Waals surface area contributed by atoms with Crippen molar-refractivity contribution in [3.8, 4) is 17.3 Å². The second-order valence-corrected chi connectivity index (χ2v) is 6.65. The van der Waals surface area contributed by atoms with Crippen LogP contribution in [-0.4, -0.2) is 4.98 Å². The van der Waals surface area contributed by atoms with Crippen molar-refractivity contribution in [3.63, 3.8) is 0 Å². The van der Waals surface area contributed by atoms with Gasteiger partial charge < -0.3 is 5.32 Å². The molecule has 0 spiro atoms. The molecule has 0 saturated carbocycles. The molecule has 0 bridgehead atoms. The van der Waals surface area contributed by atoms with Crippen LogP contribution in [0, 0.1) is 17.1 Å². The fraction of sp³-hybridized carbons (Fsp3) is 0. The smallest absolute Gasteiger partial charge is 0.136 e. The predicted molar refractivity (Wildman–Crippen MR) is 98.9 cm³/mol. The van der Waals surface area contributed by atoms with Crippen molar-refractivity contribution >= 4 is 38.5 Å². The standard InChI is InChI=1S/C18H11BrFN3S/c19-14-4-1-3-12(7-14)17-11-24-18(23-17)13(9-21)10-22-16-6-2-5-15(20)8-16/h1-8,10-11,22H/b13-10+. The molecule has 3 aromatic rings. The third kappa shape index (κ3) is 3.88. The number of rotatable bonds is 4. The monoisotopic (exact) mass is 399 g/mol. The molecule has 0 aliphatic rings. The van der Waals surface area contributed by atoms with Gasteiger partial charge in [-0.05, 0) is 30.3 Å². The number of anilines is 1. The maximum absolute atomic E-state index is 13.2. The van der Waals surface area contributed by atoms with Crippen molar-refractivity contribution in [2.75, 3.05) is 5.32 Å². The Morgan fingerprint density at radius 3 is 2.83 bits per heavy atom. The van der Waals surface area contributed by atoms with Crippen LogP contribution in [0.1, 0.15) is 5.01 Å². The molecule has 3 nitrogen and oxygen atoms in total. The van der Waals surface area contributed by atoms with Crippen LogP contribution in [0.3, 0.4) is 0 Å². The number of hydrogen-bond donors (Lipinski definition) is 1. The van der Waals surface area contributed by atoms with Crippen molar-refractivity contribution in [1.82, 2.24) is 4.98 Å². The highest BCUT2D eigenvalue weighted by Gasteiger charge is 2.09. The molecule has 0 fully saturated rings. The quantitative estimate of drug-likeness (QED) is 0.573. The Balaban J connectivity index is 1.84. The lowest BCUT2D eigenvalue weighted by molar-refractivity contribution is 0.628. The van der Waals surface area contributed by atoms with Crippen molar-refractivity contribution in [3.05, 3.63) is 75.4 Å². The van der Waals surface area contributed by atoms with Gasteiger partial charge in [0.25, 0.3) is 0 Å². The third-order valence-electron chi connectivity index (χ3n) is 3.18. The number of aromatic nitrogens is 1. The van der Waals surface area contributed by atoms with E-state index in [0.29, 0.717) is 16.3 Å². The van der Waals surface area contributed by atoms with E-state index in [1.54, 1.807) is 12.1 Å². The van der Waals surface area contributed by atoms with E-state index >= 15 is 0 Å². The highest BCUT2D eigenvalue weighted by Crippen LogP contribution is 2.27. The van der Waals surface area contributed by atoms with Crippen molar-refractivity contribution < 1.29 is 4.39 Å². The topological polar surface area (TPSA) is 48.7 Å². The first kappa shape index (κ1) is 16.4. The molecule has 0 unspecified atom stereocenters. The van der Waals surface area contributed by atoms with E-state index in [0.717, 1.165) is 15.7 Å². The maximum Gasteiger partial charge on any atom is 0.136 e. The zero-order valence-corrected chi connectivity index (χ0v) is 14.7. The zero-order valence-electron chi connectivity index (χ0n) is 12.3. The summed E-state index contributed by atoms with van der Waals surface area (Å²) in [5.41, 5.74) is 2.75. The van der Waals surface area contributed by atoms with Gasteiger partial charge in [-0.2, -0.15) is 5.26 Å². The van der Waals surface area contributed by atoms with Crippen LogP contribution in [0.5, 0.6) is 0 Å². The zero-order chi connectivity index (χ0) is 16.9. The largest absolute Gasteiger partial charge is 0.360 e. The van der Waals surface area contributed by atoms with E-state index in [2.05, 4.69) is 32.3 Å². The lowest BCUT2D eigenvalue weighted by Crippen LogP contribution is -1.91. The van der Waals surface area contributed by atoms with E-state index < -0.39 is 0 Å². The summed E-state index contributed by atoms with van der Waals surface area (Å²) in [5, 5.41) is 14.8. The lowest BCUT2D eigenvalue weighted by Gasteiger charge is -2.01. The summed E-state index contributed by atoms with van der Waals surface area (Å²) in [4.78, 5) is 4.52. The Kier molecular flexibility index (Phi) is 5.04. The Bertz CT molecular complexity index is 943. The fourth-order valence-electron chi connectivity index (χ4n) is 2.05. The first-order chi connectivity index (χ1) is 11.7. The van der Waals surface area contributed by atoms with Gasteiger partial charge in [0.05, 0.1) is 5.69 Å². The lowest BCUT2D eigenvalue weighted by atomic mass is 10.2. The van der Waals surface area contributed by atoms with Crippen LogP contribution in [0.4, 0.5) is 10.1 Å².